The summed E-state index contributed by atoms with van der Waals surface area (Å²) < 4.78 is 0. The molecule has 2 atom stereocenters. The van der Waals surface area contributed by atoms with Crippen LogP contribution in [0, 0.1) is 5.92 Å². The van der Waals surface area contributed by atoms with Crippen LogP contribution in [0.2, 0.25) is 0 Å². The highest BCUT2D eigenvalue weighted by molar-refractivity contribution is 7.10. The van der Waals surface area contributed by atoms with Crippen LogP contribution in [0.25, 0.3) is 0 Å². The minimum atomic E-state index is -0.728. The average molecular weight is 426 g/mol. The lowest BCUT2D eigenvalue weighted by Crippen LogP contribution is -2.62. The van der Waals surface area contributed by atoms with Crippen molar-refractivity contribution >= 4 is 34.7 Å². The number of carbonyl (C=O) groups is 3. The van der Waals surface area contributed by atoms with E-state index in [0.29, 0.717) is 24.1 Å². The van der Waals surface area contributed by atoms with Crippen LogP contribution in [0.1, 0.15) is 61.3 Å². The third kappa shape index (κ3) is 3.41. The molecule has 2 aliphatic heterocycles. The first-order chi connectivity index (χ1) is 14.3. The summed E-state index contributed by atoms with van der Waals surface area (Å²) in [6.45, 7) is 6.36. The number of anilines is 1. The first kappa shape index (κ1) is 20.6. The third-order valence-corrected chi connectivity index (χ3v) is 7.10. The molecule has 0 aliphatic carbocycles. The molecule has 1 aromatic carbocycles. The minimum Gasteiger partial charge on any atom is -0.348 e. The summed E-state index contributed by atoms with van der Waals surface area (Å²) in [5.74, 6) is 0.0692. The molecule has 3 heterocycles. The van der Waals surface area contributed by atoms with Gasteiger partial charge in [-0.1, -0.05) is 32.0 Å². The molecule has 3 amide bonds. The molecule has 1 N–H and O–H groups in total. The van der Waals surface area contributed by atoms with Gasteiger partial charge in [-0.25, -0.2) is 0 Å². The lowest BCUT2D eigenvalue weighted by atomic mass is 9.98. The van der Waals surface area contributed by atoms with Crippen molar-refractivity contribution in [3.8, 4) is 0 Å². The molecule has 6 nitrogen and oxygen atoms in total. The molecular formula is C23H27N3O3S. The van der Waals surface area contributed by atoms with E-state index < -0.39 is 5.66 Å². The number of nitrogens with one attached hydrogen (secondary N) is 1. The Kier molecular flexibility index (Phi) is 5.40. The van der Waals surface area contributed by atoms with Crippen molar-refractivity contribution < 1.29 is 14.4 Å². The third-order valence-electron chi connectivity index (χ3n) is 6.14. The Morgan fingerprint density at radius 3 is 2.67 bits per heavy atom. The first-order valence-electron chi connectivity index (χ1n) is 10.4. The molecular weight excluding hydrogens is 398 g/mol. The van der Waals surface area contributed by atoms with Crippen LogP contribution in [-0.2, 0) is 9.59 Å². The zero-order valence-electron chi connectivity index (χ0n) is 17.6. The summed E-state index contributed by atoms with van der Waals surface area (Å²) in [7, 11) is 0. The van der Waals surface area contributed by atoms with Gasteiger partial charge in [-0.2, -0.15) is 0 Å². The monoisotopic (exact) mass is 425 g/mol. The second-order valence-corrected chi connectivity index (χ2v) is 9.45. The SMILES string of the molecule is CC(C)C(NC(=O)CCN1C(=O)c2ccccc2N2C(=O)CCC12C)c1cccs1. The Bertz CT molecular complexity index is 972. The molecule has 1 saturated heterocycles. The maximum Gasteiger partial charge on any atom is 0.257 e. The quantitative estimate of drug-likeness (QED) is 0.762. The van der Waals surface area contributed by atoms with Crippen LogP contribution >= 0.6 is 11.3 Å². The molecule has 2 aromatic rings. The maximum atomic E-state index is 13.3. The standard InChI is InChI=1S/C23H27N3O3S/c1-15(2)21(18-9-6-14-30-18)24-19(27)11-13-25-22(29)16-7-4-5-8-17(16)26-20(28)10-12-23(25,26)3/h4-9,14-15,21H,10-13H2,1-3H3,(H,24,27). The van der Waals surface area contributed by atoms with E-state index in [1.807, 2.05) is 36.6 Å². The number of rotatable bonds is 6. The predicted molar refractivity (Wildman–Crippen MR) is 117 cm³/mol. The van der Waals surface area contributed by atoms with E-state index >= 15 is 0 Å². The van der Waals surface area contributed by atoms with Crippen molar-refractivity contribution in [2.75, 3.05) is 11.4 Å². The van der Waals surface area contributed by atoms with E-state index in [0.717, 1.165) is 4.88 Å². The van der Waals surface area contributed by atoms with Crippen LogP contribution in [0.15, 0.2) is 41.8 Å². The first-order valence-corrected chi connectivity index (χ1v) is 11.3. The van der Waals surface area contributed by atoms with Gasteiger partial charge in [0.15, 0.2) is 0 Å². The van der Waals surface area contributed by atoms with Crippen molar-refractivity contribution in [3.05, 3.63) is 52.2 Å². The van der Waals surface area contributed by atoms with Gasteiger partial charge in [0.1, 0.15) is 5.66 Å². The lowest BCUT2D eigenvalue weighted by Gasteiger charge is -2.48. The molecule has 7 heteroatoms. The van der Waals surface area contributed by atoms with Crippen LogP contribution in [-0.4, -0.2) is 34.8 Å². The molecule has 4 rings (SSSR count). The number of hydrogen-bond acceptors (Lipinski definition) is 4. The largest absolute Gasteiger partial charge is 0.348 e. The molecule has 158 valence electrons. The Balaban J connectivity index is 1.52. The van der Waals surface area contributed by atoms with Gasteiger partial charge in [0.25, 0.3) is 5.91 Å². The van der Waals surface area contributed by atoms with Crippen LogP contribution < -0.4 is 10.2 Å². The summed E-state index contributed by atoms with van der Waals surface area (Å²) >= 11 is 1.63. The van der Waals surface area contributed by atoms with E-state index in [1.54, 1.807) is 33.3 Å². The molecule has 0 spiro atoms. The zero-order chi connectivity index (χ0) is 21.5. The van der Waals surface area contributed by atoms with E-state index in [-0.39, 0.29) is 42.6 Å². The summed E-state index contributed by atoms with van der Waals surface area (Å²) in [5.41, 5.74) is 0.462. The van der Waals surface area contributed by atoms with E-state index in [1.165, 1.54) is 0 Å². The van der Waals surface area contributed by atoms with E-state index in [2.05, 4.69) is 19.2 Å². The summed E-state index contributed by atoms with van der Waals surface area (Å²) in [5, 5.41) is 5.13. The fourth-order valence-electron chi connectivity index (χ4n) is 4.54. The number of thiophene rings is 1. The molecule has 1 fully saturated rings. The molecule has 0 saturated carbocycles. The number of para-hydroxylation sites is 1. The fourth-order valence-corrected chi connectivity index (χ4v) is 5.48. The van der Waals surface area contributed by atoms with Crippen molar-refractivity contribution in [2.24, 2.45) is 5.92 Å². The Morgan fingerprint density at radius 2 is 1.97 bits per heavy atom. The smallest absolute Gasteiger partial charge is 0.257 e. The summed E-state index contributed by atoms with van der Waals surface area (Å²) in [6, 6.07) is 11.2. The van der Waals surface area contributed by atoms with E-state index in [4.69, 9.17) is 0 Å². The average Bonchev–Trinajstić information content (AvgIpc) is 3.34. The highest BCUT2D eigenvalue weighted by Gasteiger charge is 2.52. The Labute approximate surface area is 180 Å². The minimum absolute atomic E-state index is 0.0180. The highest BCUT2D eigenvalue weighted by atomic mass is 32.1. The molecule has 0 bridgehead atoms. The number of nitrogens with zero attached hydrogens (tertiary/aromatic N) is 2. The topological polar surface area (TPSA) is 69.7 Å². The van der Waals surface area contributed by atoms with Gasteiger partial charge >= 0.3 is 0 Å². The zero-order valence-corrected chi connectivity index (χ0v) is 18.4. The Hall–Kier alpha value is -2.67. The van der Waals surface area contributed by atoms with Gasteiger partial charge in [0, 0.05) is 24.3 Å². The van der Waals surface area contributed by atoms with Crippen molar-refractivity contribution in [3.63, 3.8) is 0 Å². The van der Waals surface area contributed by atoms with Crippen LogP contribution in [0.4, 0.5) is 5.69 Å². The van der Waals surface area contributed by atoms with E-state index in [9.17, 15) is 14.4 Å². The van der Waals surface area contributed by atoms with Gasteiger partial charge in [0.05, 0.1) is 17.3 Å². The molecule has 2 unspecified atom stereocenters. The van der Waals surface area contributed by atoms with Gasteiger partial charge in [-0.3, -0.25) is 19.3 Å². The predicted octanol–water partition coefficient (Wildman–Crippen LogP) is 3.95. The Morgan fingerprint density at radius 1 is 1.20 bits per heavy atom. The highest BCUT2D eigenvalue weighted by Crippen LogP contribution is 2.44. The molecule has 0 radical (unpaired) electrons. The van der Waals surface area contributed by atoms with Gasteiger partial charge in [-0.05, 0) is 42.8 Å². The fraction of sp³-hybridized carbons (Fsp3) is 0.435. The normalized spacial score (nSPS) is 21.6. The van der Waals surface area contributed by atoms with Crippen molar-refractivity contribution in [1.82, 2.24) is 10.2 Å². The molecule has 1 aromatic heterocycles. The van der Waals surface area contributed by atoms with Gasteiger partial charge in [-0.15, -0.1) is 11.3 Å². The number of benzene rings is 1. The maximum absolute atomic E-state index is 13.3. The van der Waals surface area contributed by atoms with Gasteiger partial charge in [0.2, 0.25) is 11.8 Å². The summed E-state index contributed by atoms with van der Waals surface area (Å²) in [4.78, 5) is 43.2. The van der Waals surface area contributed by atoms with Crippen LogP contribution in [0.5, 0.6) is 0 Å². The lowest BCUT2D eigenvalue weighted by molar-refractivity contribution is -0.122. The number of amides is 3. The van der Waals surface area contributed by atoms with Crippen LogP contribution in [0.3, 0.4) is 0 Å². The van der Waals surface area contributed by atoms with Crippen molar-refractivity contribution in [2.45, 2.75) is 51.7 Å². The molecule has 30 heavy (non-hydrogen) atoms. The van der Waals surface area contributed by atoms with Crippen molar-refractivity contribution in [1.29, 1.82) is 0 Å². The number of carbonyl (C=O) groups excluding carboxylic acids is 3. The second-order valence-electron chi connectivity index (χ2n) is 8.47. The molecule has 2 aliphatic rings. The second kappa shape index (κ2) is 7.87. The number of fused-ring (bicyclic) bond motifs is 3. The number of hydrogen-bond donors (Lipinski definition) is 1. The summed E-state index contributed by atoms with van der Waals surface area (Å²) in [6.07, 6.45) is 1.16. The van der Waals surface area contributed by atoms with Gasteiger partial charge < -0.3 is 10.2 Å².